The molecular formula is C22H26FN. The number of hydrogen-bond acceptors (Lipinski definition) is 1. The molecule has 0 radical (unpaired) electrons. The van der Waals surface area contributed by atoms with E-state index in [2.05, 4.69) is 42.6 Å². The standard InChI is InChI=1S/C20H20FN.C2H6/c1-3-4-5-19(14(2)15-6-9-18(21)10-7-15)16-8-11-20-17(12-16)13-22-20;1-2/h3-12,14,22H,13H2,1-2H3;1-2H3/b4-3-,19-5+;. The summed E-state index contributed by atoms with van der Waals surface area (Å²) in [4.78, 5) is 0. The van der Waals surface area contributed by atoms with Crippen LogP contribution >= 0.6 is 0 Å². The predicted molar refractivity (Wildman–Crippen MR) is 103 cm³/mol. The average molecular weight is 323 g/mol. The first-order chi connectivity index (χ1) is 11.7. The molecule has 1 aliphatic heterocycles. The third-order valence-corrected chi connectivity index (χ3v) is 4.21. The Morgan fingerprint density at radius 2 is 1.83 bits per heavy atom. The van der Waals surface area contributed by atoms with E-state index in [4.69, 9.17) is 0 Å². The molecule has 0 saturated carbocycles. The van der Waals surface area contributed by atoms with Gasteiger partial charge >= 0.3 is 0 Å². The van der Waals surface area contributed by atoms with E-state index in [1.807, 2.05) is 39.0 Å². The van der Waals surface area contributed by atoms with Gasteiger partial charge in [0.15, 0.2) is 0 Å². The highest BCUT2D eigenvalue weighted by atomic mass is 19.1. The van der Waals surface area contributed by atoms with Crippen LogP contribution in [0.3, 0.4) is 0 Å². The number of benzene rings is 2. The van der Waals surface area contributed by atoms with Gasteiger partial charge in [0.25, 0.3) is 0 Å². The number of anilines is 1. The summed E-state index contributed by atoms with van der Waals surface area (Å²) < 4.78 is 13.1. The van der Waals surface area contributed by atoms with E-state index in [1.54, 1.807) is 0 Å². The maximum atomic E-state index is 13.1. The van der Waals surface area contributed by atoms with Gasteiger partial charge in [-0.25, -0.2) is 4.39 Å². The summed E-state index contributed by atoms with van der Waals surface area (Å²) in [7, 11) is 0. The maximum Gasteiger partial charge on any atom is 0.123 e. The molecular weight excluding hydrogens is 297 g/mol. The van der Waals surface area contributed by atoms with Crippen LogP contribution in [0.2, 0.25) is 0 Å². The first-order valence-electron chi connectivity index (χ1n) is 8.64. The van der Waals surface area contributed by atoms with E-state index in [1.165, 1.54) is 34.5 Å². The zero-order valence-electron chi connectivity index (χ0n) is 14.9. The molecule has 1 atom stereocenters. The average Bonchev–Trinajstić information content (AvgIpc) is 2.59. The van der Waals surface area contributed by atoms with Crippen LogP contribution in [0.1, 0.15) is 50.3 Å². The molecule has 1 nitrogen and oxygen atoms in total. The highest BCUT2D eigenvalue weighted by Crippen LogP contribution is 2.35. The number of nitrogens with one attached hydrogen (secondary N) is 1. The Kier molecular flexibility index (Phi) is 6.36. The summed E-state index contributed by atoms with van der Waals surface area (Å²) >= 11 is 0. The normalized spacial score (nSPS) is 14.1. The van der Waals surface area contributed by atoms with Gasteiger partial charge in [-0.3, -0.25) is 0 Å². The van der Waals surface area contributed by atoms with Gasteiger partial charge < -0.3 is 5.32 Å². The Bertz CT molecular complexity index is 726. The second-order valence-corrected chi connectivity index (χ2v) is 5.65. The Morgan fingerprint density at radius 1 is 1.12 bits per heavy atom. The molecule has 126 valence electrons. The largest absolute Gasteiger partial charge is 0.381 e. The van der Waals surface area contributed by atoms with E-state index in [0.29, 0.717) is 0 Å². The van der Waals surface area contributed by atoms with Gasteiger partial charge in [-0.1, -0.05) is 57.2 Å². The fraction of sp³-hybridized carbons (Fsp3) is 0.273. The van der Waals surface area contributed by atoms with Crippen LogP contribution in [0, 0.1) is 5.82 Å². The third-order valence-electron chi connectivity index (χ3n) is 4.21. The molecule has 0 aromatic heterocycles. The Labute approximate surface area is 144 Å². The van der Waals surface area contributed by atoms with Crippen molar-refractivity contribution in [1.29, 1.82) is 0 Å². The van der Waals surface area contributed by atoms with E-state index in [0.717, 1.165) is 12.1 Å². The topological polar surface area (TPSA) is 12.0 Å². The van der Waals surface area contributed by atoms with Crippen LogP contribution in [-0.2, 0) is 6.54 Å². The quantitative estimate of drug-likeness (QED) is 0.630. The van der Waals surface area contributed by atoms with Crippen molar-refractivity contribution in [2.45, 2.75) is 40.2 Å². The molecule has 3 rings (SSSR count). The van der Waals surface area contributed by atoms with Gasteiger partial charge in [0.2, 0.25) is 0 Å². The first kappa shape index (κ1) is 18.0. The molecule has 0 bridgehead atoms. The summed E-state index contributed by atoms with van der Waals surface area (Å²) in [6, 6.07) is 13.3. The summed E-state index contributed by atoms with van der Waals surface area (Å²) in [5.74, 6) is 0.0185. The number of fused-ring (bicyclic) bond motifs is 1. The monoisotopic (exact) mass is 323 g/mol. The van der Waals surface area contributed by atoms with Gasteiger partial charge in [-0.05, 0) is 53.5 Å². The lowest BCUT2D eigenvalue weighted by molar-refractivity contribution is 0.627. The van der Waals surface area contributed by atoms with Crippen molar-refractivity contribution in [2.24, 2.45) is 0 Å². The Hall–Kier alpha value is -2.35. The maximum absolute atomic E-state index is 13.1. The molecule has 0 fully saturated rings. The van der Waals surface area contributed by atoms with Gasteiger partial charge in [-0.15, -0.1) is 0 Å². The minimum Gasteiger partial charge on any atom is -0.381 e. The molecule has 1 heterocycles. The lowest BCUT2D eigenvalue weighted by Gasteiger charge is -2.24. The lowest BCUT2D eigenvalue weighted by atomic mass is 9.86. The zero-order chi connectivity index (χ0) is 17.5. The minimum atomic E-state index is -0.193. The van der Waals surface area contributed by atoms with E-state index < -0.39 is 0 Å². The summed E-state index contributed by atoms with van der Waals surface area (Å²) in [6.07, 6.45) is 6.24. The van der Waals surface area contributed by atoms with Crippen molar-refractivity contribution in [3.8, 4) is 0 Å². The van der Waals surface area contributed by atoms with Crippen LogP contribution in [-0.4, -0.2) is 0 Å². The molecule has 0 spiro atoms. The van der Waals surface area contributed by atoms with Crippen molar-refractivity contribution in [3.05, 3.63) is 83.2 Å². The fourth-order valence-electron chi connectivity index (χ4n) is 2.80. The molecule has 2 aromatic rings. The van der Waals surface area contributed by atoms with Crippen molar-refractivity contribution in [1.82, 2.24) is 0 Å². The minimum absolute atomic E-state index is 0.193. The summed E-state index contributed by atoms with van der Waals surface area (Å²) in [5.41, 5.74) is 6.19. The molecule has 24 heavy (non-hydrogen) atoms. The first-order valence-corrected chi connectivity index (χ1v) is 8.64. The summed E-state index contributed by atoms with van der Waals surface area (Å²) in [5, 5.41) is 3.29. The van der Waals surface area contributed by atoms with E-state index in [-0.39, 0.29) is 11.7 Å². The SMILES string of the molecule is C/C=C\C=C(\c1ccc2c(c1)CN2)C(C)c1ccc(F)cc1.CC. The van der Waals surface area contributed by atoms with Crippen molar-refractivity contribution >= 4 is 11.3 Å². The van der Waals surface area contributed by atoms with Crippen LogP contribution in [0.4, 0.5) is 10.1 Å². The highest BCUT2D eigenvalue weighted by molar-refractivity contribution is 5.76. The summed E-state index contributed by atoms with van der Waals surface area (Å²) in [6.45, 7) is 9.11. The van der Waals surface area contributed by atoms with Gasteiger partial charge in [-0.2, -0.15) is 0 Å². The lowest BCUT2D eigenvalue weighted by Crippen LogP contribution is -2.13. The molecule has 0 amide bonds. The zero-order valence-corrected chi connectivity index (χ0v) is 14.9. The predicted octanol–water partition coefficient (Wildman–Crippen LogP) is 6.54. The van der Waals surface area contributed by atoms with Crippen molar-refractivity contribution in [2.75, 3.05) is 5.32 Å². The van der Waals surface area contributed by atoms with Crippen LogP contribution in [0.25, 0.3) is 5.57 Å². The van der Waals surface area contributed by atoms with Crippen LogP contribution in [0.15, 0.2) is 60.7 Å². The van der Waals surface area contributed by atoms with Gasteiger partial charge in [0.05, 0.1) is 0 Å². The third kappa shape index (κ3) is 3.94. The van der Waals surface area contributed by atoms with Crippen molar-refractivity contribution < 1.29 is 4.39 Å². The fourth-order valence-corrected chi connectivity index (χ4v) is 2.80. The molecule has 2 aromatic carbocycles. The van der Waals surface area contributed by atoms with Crippen molar-refractivity contribution in [3.63, 3.8) is 0 Å². The van der Waals surface area contributed by atoms with Gasteiger partial charge in [0, 0.05) is 18.2 Å². The molecule has 1 N–H and O–H groups in total. The Balaban J connectivity index is 0.00000100. The second-order valence-electron chi connectivity index (χ2n) is 5.65. The number of allylic oxidation sites excluding steroid dienone is 4. The molecule has 1 unspecified atom stereocenters. The second kappa shape index (κ2) is 8.49. The van der Waals surface area contributed by atoms with E-state index in [9.17, 15) is 4.39 Å². The Morgan fingerprint density at radius 3 is 2.38 bits per heavy atom. The van der Waals surface area contributed by atoms with E-state index >= 15 is 0 Å². The molecule has 1 aliphatic rings. The van der Waals surface area contributed by atoms with Crippen LogP contribution in [0.5, 0.6) is 0 Å². The molecule has 2 heteroatoms. The number of rotatable bonds is 4. The van der Waals surface area contributed by atoms with Gasteiger partial charge in [0.1, 0.15) is 5.82 Å². The smallest absolute Gasteiger partial charge is 0.123 e. The number of hydrogen-bond donors (Lipinski definition) is 1. The van der Waals surface area contributed by atoms with Crippen LogP contribution < -0.4 is 5.32 Å². The highest BCUT2D eigenvalue weighted by Gasteiger charge is 2.17. The number of halogens is 1. The molecule has 0 saturated heterocycles. The molecule has 0 aliphatic carbocycles.